The number of hydrogen-bond acceptors (Lipinski definition) is 0. The number of alkyl halides is 5. The molecule has 0 spiro atoms. The third kappa shape index (κ3) is 2.95. The van der Waals surface area contributed by atoms with Crippen LogP contribution in [0.2, 0.25) is 0 Å². The first-order valence-electron chi connectivity index (χ1n) is 3.47. The summed E-state index contributed by atoms with van der Waals surface area (Å²) in [6, 6.07) is 0. The highest BCUT2D eigenvalue weighted by Crippen LogP contribution is 2.30. The van der Waals surface area contributed by atoms with Gasteiger partial charge in [0.25, 0.3) is 5.92 Å². The molecule has 1 radical (unpaired) electrons. The summed E-state index contributed by atoms with van der Waals surface area (Å²) < 4.78 is 60.8. The third-order valence-corrected chi connectivity index (χ3v) is 1.38. The number of halogens is 5. The van der Waals surface area contributed by atoms with Gasteiger partial charge in [-0.05, 0) is 6.42 Å². The van der Waals surface area contributed by atoms with Crippen LogP contribution in [0, 0.1) is 6.92 Å². The minimum absolute atomic E-state index is 0.216. The van der Waals surface area contributed by atoms with Gasteiger partial charge in [0.2, 0.25) is 0 Å². The first-order chi connectivity index (χ1) is 5.45. The fourth-order valence-corrected chi connectivity index (χ4v) is 0.716. The highest BCUT2D eigenvalue weighted by molar-refractivity contribution is 4.83. The van der Waals surface area contributed by atoms with Crippen molar-refractivity contribution < 1.29 is 22.0 Å². The van der Waals surface area contributed by atoms with Gasteiger partial charge in [-0.15, -0.1) is 0 Å². The minimum atomic E-state index is -3.81. The van der Waals surface area contributed by atoms with E-state index in [4.69, 9.17) is 0 Å². The van der Waals surface area contributed by atoms with Gasteiger partial charge in [0.05, 0.1) is 0 Å². The highest BCUT2D eigenvalue weighted by Gasteiger charge is 2.44. The van der Waals surface area contributed by atoms with Crippen molar-refractivity contribution in [1.29, 1.82) is 0 Å². The maximum absolute atomic E-state index is 12.4. The van der Waals surface area contributed by atoms with E-state index in [0.717, 1.165) is 0 Å². The number of rotatable bonds is 5. The van der Waals surface area contributed by atoms with E-state index >= 15 is 0 Å². The van der Waals surface area contributed by atoms with Crippen LogP contribution in [0.25, 0.3) is 0 Å². The van der Waals surface area contributed by atoms with E-state index in [0.29, 0.717) is 0 Å². The average molecular weight is 189 g/mol. The first-order valence-corrected chi connectivity index (χ1v) is 3.47. The van der Waals surface area contributed by atoms with Gasteiger partial charge in [-0.1, -0.05) is 6.92 Å². The third-order valence-electron chi connectivity index (χ3n) is 1.38. The molecule has 2 atom stereocenters. The smallest absolute Gasteiger partial charge is 0.248 e. The van der Waals surface area contributed by atoms with Crippen LogP contribution in [-0.2, 0) is 0 Å². The van der Waals surface area contributed by atoms with Crippen molar-refractivity contribution >= 4 is 0 Å². The van der Waals surface area contributed by atoms with Gasteiger partial charge in [-0.25, -0.2) is 22.0 Å². The Morgan fingerprint density at radius 1 is 1.25 bits per heavy atom. The Hall–Kier alpha value is -0.350. The summed E-state index contributed by atoms with van der Waals surface area (Å²) in [6.07, 6.45) is -6.89. The molecule has 5 heteroatoms. The fraction of sp³-hybridized carbons (Fsp3) is 0.857. The molecule has 0 aliphatic rings. The van der Waals surface area contributed by atoms with Crippen LogP contribution in [0.1, 0.15) is 12.8 Å². The molecule has 1 unspecified atom stereocenters. The van der Waals surface area contributed by atoms with Crippen LogP contribution in [0.4, 0.5) is 22.0 Å². The summed E-state index contributed by atoms with van der Waals surface area (Å²) >= 11 is 0. The van der Waals surface area contributed by atoms with Crippen LogP contribution < -0.4 is 0 Å². The SMILES string of the molecule is [CH2]CCC(F)(F)[C@@H](F)C(F)CF. The second-order valence-corrected chi connectivity index (χ2v) is 2.44. The Morgan fingerprint density at radius 2 is 1.75 bits per heavy atom. The van der Waals surface area contributed by atoms with E-state index in [2.05, 4.69) is 6.92 Å². The van der Waals surface area contributed by atoms with Gasteiger partial charge in [-0.3, -0.25) is 0 Å². The summed E-state index contributed by atoms with van der Waals surface area (Å²) in [6.45, 7) is 1.35. The van der Waals surface area contributed by atoms with Crippen LogP contribution in [0.5, 0.6) is 0 Å². The lowest BCUT2D eigenvalue weighted by Gasteiger charge is -2.21. The van der Waals surface area contributed by atoms with Crippen LogP contribution in [0.15, 0.2) is 0 Å². The van der Waals surface area contributed by atoms with Crippen LogP contribution >= 0.6 is 0 Å². The van der Waals surface area contributed by atoms with E-state index in [9.17, 15) is 22.0 Å². The van der Waals surface area contributed by atoms with Gasteiger partial charge in [-0.2, -0.15) is 0 Å². The van der Waals surface area contributed by atoms with E-state index in [1.807, 2.05) is 0 Å². The maximum Gasteiger partial charge on any atom is 0.281 e. The fourth-order valence-electron chi connectivity index (χ4n) is 0.716. The molecule has 73 valence electrons. The number of hydrogen-bond donors (Lipinski definition) is 0. The van der Waals surface area contributed by atoms with Gasteiger partial charge < -0.3 is 0 Å². The quantitative estimate of drug-likeness (QED) is 0.583. The van der Waals surface area contributed by atoms with Crippen molar-refractivity contribution in [2.45, 2.75) is 31.1 Å². The van der Waals surface area contributed by atoms with Crippen molar-refractivity contribution in [3.63, 3.8) is 0 Å². The molecule has 0 saturated carbocycles. The normalized spacial score (nSPS) is 17.5. The van der Waals surface area contributed by atoms with Gasteiger partial charge in [0, 0.05) is 6.42 Å². The van der Waals surface area contributed by atoms with E-state index < -0.39 is 31.4 Å². The first kappa shape index (κ1) is 11.6. The lowest BCUT2D eigenvalue weighted by atomic mass is 10.1. The summed E-state index contributed by atoms with van der Waals surface area (Å²) in [7, 11) is 0. The Labute approximate surface area is 67.8 Å². The zero-order chi connectivity index (χ0) is 9.78. The van der Waals surface area contributed by atoms with Crippen molar-refractivity contribution in [1.82, 2.24) is 0 Å². The Kier molecular flexibility index (Phi) is 4.49. The predicted octanol–water partition coefficient (Wildman–Crippen LogP) is 2.88. The second-order valence-electron chi connectivity index (χ2n) is 2.44. The molecular weight excluding hydrogens is 179 g/mol. The standard InChI is InChI=1S/C7H10F5/c1-2-3-7(11,12)6(10)5(9)4-8/h5-6H,1-4H2/t5?,6-/m0/s1. The molecule has 0 aromatic carbocycles. The lowest BCUT2D eigenvalue weighted by molar-refractivity contribution is -0.107. The molecule has 0 amide bonds. The van der Waals surface area contributed by atoms with E-state index in [1.54, 1.807) is 0 Å². The summed E-state index contributed by atoms with van der Waals surface area (Å²) in [5.41, 5.74) is 0. The summed E-state index contributed by atoms with van der Waals surface area (Å²) in [4.78, 5) is 0. The maximum atomic E-state index is 12.4. The van der Waals surface area contributed by atoms with E-state index in [1.165, 1.54) is 0 Å². The molecule has 0 aliphatic carbocycles. The van der Waals surface area contributed by atoms with Gasteiger partial charge in [0.15, 0.2) is 12.3 Å². The molecule has 0 aromatic rings. The van der Waals surface area contributed by atoms with Crippen molar-refractivity contribution in [2.75, 3.05) is 6.67 Å². The molecule has 0 N–H and O–H groups in total. The molecule has 0 heterocycles. The van der Waals surface area contributed by atoms with Crippen molar-refractivity contribution in [2.24, 2.45) is 0 Å². The lowest BCUT2D eigenvalue weighted by Crippen LogP contribution is -2.38. The Balaban J connectivity index is 4.13. The monoisotopic (exact) mass is 189 g/mol. The molecule has 0 nitrogen and oxygen atoms in total. The van der Waals surface area contributed by atoms with Gasteiger partial charge >= 0.3 is 0 Å². The zero-order valence-electron chi connectivity index (χ0n) is 6.37. The van der Waals surface area contributed by atoms with E-state index in [-0.39, 0.29) is 6.42 Å². The molecule has 0 aliphatic heterocycles. The van der Waals surface area contributed by atoms with Crippen LogP contribution in [-0.4, -0.2) is 24.9 Å². The van der Waals surface area contributed by atoms with Crippen molar-refractivity contribution in [3.05, 3.63) is 6.92 Å². The topological polar surface area (TPSA) is 0 Å². The highest BCUT2D eigenvalue weighted by atomic mass is 19.3. The largest absolute Gasteiger partial charge is 0.281 e. The Morgan fingerprint density at radius 3 is 2.08 bits per heavy atom. The summed E-state index contributed by atoms with van der Waals surface area (Å²) in [5.74, 6) is -3.81. The predicted molar refractivity (Wildman–Crippen MR) is 35.3 cm³/mol. The van der Waals surface area contributed by atoms with Gasteiger partial charge in [0.1, 0.15) is 6.67 Å². The molecule has 0 bridgehead atoms. The Bertz CT molecular complexity index is 125. The molecule has 0 rings (SSSR count). The average Bonchev–Trinajstić information content (AvgIpc) is 2.01. The molecule has 0 fully saturated rings. The molecule has 12 heavy (non-hydrogen) atoms. The second kappa shape index (κ2) is 4.62. The minimum Gasteiger partial charge on any atom is -0.248 e. The molecule has 0 aromatic heterocycles. The summed E-state index contributed by atoms with van der Waals surface area (Å²) in [5, 5.41) is 0. The van der Waals surface area contributed by atoms with Crippen LogP contribution in [0.3, 0.4) is 0 Å². The van der Waals surface area contributed by atoms with Crippen molar-refractivity contribution in [3.8, 4) is 0 Å². The zero-order valence-corrected chi connectivity index (χ0v) is 6.37. The molecule has 0 saturated heterocycles. The molecular formula is C7H10F5.